The monoisotopic (exact) mass is 480 g/mol. The number of piperidine rings is 1. The number of methoxy groups -OCH3 is 2. The number of carbonyl (C=O) groups is 2. The number of amides is 1. The van der Waals surface area contributed by atoms with Gasteiger partial charge >= 0.3 is 0 Å². The Morgan fingerprint density at radius 1 is 0.941 bits per heavy atom. The number of likely N-dealkylation sites (tertiary alicyclic amines) is 1. The average molecular weight is 481 g/mol. The summed E-state index contributed by atoms with van der Waals surface area (Å²) in [4.78, 5) is 27.5. The lowest BCUT2D eigenvalue weighted by molar-refractivity contribution is -0.129. The third-order valence-electron chi connectivity index (χ3n) is 6.04. The van der Waals surface area contributed by atoms with Gasteiger partial charge in [-0.25, -0.2) is 0 Å². The molecule has 2 aromatic carbocycles. The minimum Gasteiger partial charge on any atom is -0.497 e. The zero-order chi connectivity index (χ0) is 24.1. The van der Waals surface area contributed by atoms with Gasteiger partial charge in [0.2, 0.25) is 5.91 Å². The van der Waals surface area contributed by atoms with Gasteiger partial charge in [-0.3, -0.25) is 14.2 Å². The molecular weight excluding hydrogens is 452 g/mol. The Morgan fingerprint density at radius 2 is 1.53 bits per heavy atom. The molecule has 0 atom stereocenters. The van der Waals surface area contributed by atoms with Crippen molar-refractivity contribution in [3.63, 3.8) is 0 Å². The van der Waals surface area contributed by atoms with E-state index in [4.69, 9.17) is 9.47 Å². The van der Waals surface area contributed by atoms with E-state index in [0.717, 1.165) is 23.0 Å². The molecule has 1 saturated heterocycles. The molecule has 34 heavy (non-hydrogen) atoms. The van der Waals surface area contributed by atoms with Crippen LogP contribution in [0.2, 0.25) is 0 Å². The maximum atomic E-state index is 12.9. The number of aromatic nitrogens is 3. The Labute approximate surface area is 203 Å². The Hall–Kier alpha value is -3.33. The fourth-order valence-corrected chi connectivity index (χ4v) is 4.96. The first kappa shape index (κ1) is 23.8. The molecular formula is C25H28N4O4S. The zero-order valence-electron chi connectivity index (χ0n) is 19.6. The largest absolute Gasteiger partial charge is 0.497 e. The van der Waals surface area contributed by atoms with Crippen molar-refractivity contribution < 1.29 is 19.1 Å². The topological polar surface area (TPSA) is 86.5 Å². The van der Waals surface area contributed by atoms with E-state index >= 15 is 0 Å². The molecule has 0 N–H and O–H groups in total. The summed E-state index contributed by atoms with van der Waals surface area (Å²) in [5, 5.41) is 9.11. The second kappa shape index (κ2) is 10.7. The molecule has 4 rings (SSSR count). The molecule has 0 unspecified atom stereocenters. The molecule has 1 aromatic heterocycles. The number of hydrogen-bond acceptors (Lipinski definition) is 7. The summed E-state index contributed by atoms with van der Waals surface area (Å²) in [5.41, 5.74) is 1.60. The average Bonchev–Trinajstić information content (AvgIpc) is 3.27. The lowest BCUT2D eigenvalue weighted by atomic mass is 9.89. The molecule has 0 spiro atoms. The van der Waals surface area contributed by atoms with E-state index in [9.17, 15) is 9.59 Å². The van der Waals surface area contributed by atoms with Gasteiger partial charge < -0.3 is 14.4 Å². The smallest absolute Gasteiger partial charge is 0.233 e. The van der Waals surface area contributed by atoms with E-state index in [1.54, 1.807) is 38.5 Å². The van der Waals surface area contributed by atoms with Crippen LogP contribution < -0.4 is 9.47 Å². The quantitative estimate of drug-likeness (QED) is 0.358. The standard InChI is InChI=1S/C25H28N4O4S/c1-17-26-27-25(29(17)20-6-10-22(33-3)11-7-20)34-16-23(30)28-14-12-19(13-15-28)24(31)18-4-8-21(32-2)9-5-18/h4-11,19H,12-16H2,1-3H3. The molecule has 1 aliphatic heterocycles. The first-order valence-corrected chi connectivity index (χ1v) is 12.1. The molecule has 178 valence electrons. The van der Waals surface area contributed by atoms with Crippen LogP contribution in [0, 0.1) is 12.8 Å². The van der Waals surface area contributed by atoms with Crippen LogP contribution in [0.5, 0.6) is 11.5 Å². The van der Waals surface area contributed by atoms with E-state index in [-0.39, 0.29) is 23.4 Å². The Kier molecular flexibility index (Phi) is 7.52. The second-order valence-corrected chi connectivity index (χ2v) is 9.04. The van der Waals surface area contributed by atoms with Crippen molar-refractivity contribution in [2.75, 3.05) is 33.1 Å². The maximum absolute atomic E-state index is 12.9. The van der Waals surface area contributed by atoms with Gasteiger partial charge in [0.05, 0.1) is 20.0 Å². The summed E-state index contributed by atoms with van der Waals surface area (Å²) in [7, 11) is 3.23. The highest BCUT2D eigenvalue weighted by Crippen LogP contribution is 2.26. The van der Waals surface area contributed by atoms with Gasteiger partial charge in [0.1, 0.15) is 17.3 Å². The number of hydrogen-bond donors (Lipinski definition) is 0. The molecule has 9 heteroatoms. The van der Waals surface area contributed by atoms with Gasteiger partial charge in [0.15, 0.2) is 10.9 Å². The first-order valence-electron chi connectivity index (χ1n) is 11.2. The molecule has 1 amide bonds. The van der Waals surface area contributed by atoms with Crippen molar-refractivity contribution in [3.05, 3.63) is 59.9 Å². The van der Waals surface area contributed by atoms with E-state index in [2.05, 4.69) is 10.2 Å². The van der Waals surface area contributed by atoms with E-state index < -0.39 is 0 Å². The number of ether oxygens (including phenoxy) is 2. The molecule has 0 bridgehead atoms. The predicted molar refractivity (Wildman–Crippen MR) is 130 cm³/mol. The maximum Gasteiger partial charge on any atom is 0.233 e. The Balaban J connectivity index is 1.32. The van der Waals surface area contributed by atoms with Gasteiger partial charge in [-0.05, 0) is 68.3 Å². The summed E-state index contributed by atoms with van der Waals surface area (Å²) < 4.78 is 12.3. The summed E-state index contributed by atoms with van der Waals surface area (Å²) in [6.45, 7) is 3.04. The summed E-state index contributed by atoms with van der Waals surface area (Å²) in [6.07, 6.45) is 1.34. The molecule has 0 radical (unpaired) electrons. The number of aryl methyl sites for hydroxylation is 1. The fourth-order valence-electron chi connectivity index (χ4n) is 4.06. The molecule has 3 aromatic rings. The third kappa shape index (κ3) is 5.25. The van der Waals surface area contributed by atoms with Crippen LogP contribution in [0.15, 0.2) is 53.7 Å². The molecule has 2 heterocycles. The summed E-state index contributed by atoms with van der Waals surface area (Å²) in [6, 6.07) is 14.8. The summed E-state index contributed by atoms with van der Waals surface area (Å²) in [5.74, 6) is 2.63. The number of rotatable bonds is 8. The number of nitrogens with zero attached hydrogens (tertiary/aromatic N) is 4. The van der Waals surface area contributed by atoms with E-state index in [1.807, 2.05) is 40.7 Å². The first-order chi connectivity index (χ1) is 16.5. The van der Waals surface area contributed by atoms with Crippen molar-refractivity contribution >= 4 is 23.5 Å². The molecule has 1 aliphatic rings. The van der Waals surface area contributed by atoms with E-state index in [1.165, 1.54) is 11.8 Å². The van der Waals surface area contributed by atoms with Crippen molar-refractivity contribution in [2.24, 2.45) is 5.92 Å². The summed E-state index contributed by atoms with van der Waals surface area (Å²) >= 11 is 1.37. The van der Waals surface area contributed by atoms with Crippen LogP contribution in [0.25, 0.3) is 5.69 Å². The van der Waals surface area contributed by atoms with Gasteiger partial charge in [-0.2, -0.15) is 0 Å². The van der Waals surface area contributed by atoms with Crippen molar-refractivity contribution in [3.8, 4) is 17.2 Å². The SMILES string of the molecule is COc1ccc(C(=O)C2CCN(C(=O)CSc3nnc(C)n3-c3ccc(OC)cc3)CC2)cc1. The molecule has 0 saturated carbocycles. The lowest BCUT2D eigenvalue weighted by Gasteiger charge is -2.31. The second-order valence-electron chi connectivity index (χ2n) is 8.10. The number of thioether (sulfide) groups is 1. The highest BCUT2D eigenvalue weighted by molar-refractivity contribution is 7.99. The highest BCUT2D eigenvalue weighted by Gasteiger charge is 2.28. The lowest BCUT2D eigenvalue weighted by Crippen LogP contribution is -2.41. The van der Waals surface area contributed by atoms with Gasteiger partial charge in [-0.15, -0.1) is 10.2 Å². The van der Waals surface area contributed by atoms with Crippen molar-refractivity contribution in [1.29, 1.82) is 0 Å². The normalized spacial score (nSPS) is 14.1. The zero-order valence-corrected chi connectivity index (χ0v) is 20.4. The number of Topliss-reactive ketones (excluding diaryl/α,β-unsaturated/α-hetero) is 1. The van der Waals surface area contributed by atoms with Crippen molar-refractivity contribution in [2.45, 2.75) is 24.9 Å². The van der Waals surface area contributed by atoms with Gasteiger partial charge in [0, 0.05) is 30.3 Å². The Bertz CT molecular complexity index is 1140. The van der Waals surface area contributed by atoms with Crippen molar-refractivity contribution in [1.82, 2.24) is 19.7 Å². The van der Waals surface area contributed by atoms with Crippen LogP contribution in [-0.4, -0.2) is 64.4 Å². The van der Waals surface area contributed by atoms with E-state index in [0.29, 0.717) is 36.7 Å². The number of ketones is 1. The fraction of sp³-hybridized carbons (Fsp3) is 0.360. The molecule has 1 fully saturated rings. The van der Waals surface area contributed by atoms with Crippen LogP contribution in [0.1, 0.15) is 29.0 Å². The highest BCUT2D eigenvalue weighted by atomic mass is 32.2. The van der Waals surface area contributed by atoms with Gasteiger partial charge in [-0.1, -0.05) is 11.8 Å². The van der Waals surface area contributed by atoms with Gasteiger partial charge in [0.25, 0.3) is 0 Å². The number of carbonyl (C=O) groups excluding carboxylic acids is 2. The minimum atomic E-state index is -0.0640. The van der Waals surface area contributed by atoms with Crippen LogP contribution in [0.4, 0.5) is 0 Å². The third-order valence-corrected chi connectivity index (χ3v) is 6.96. The minimum absolute atomic E-state index is 0.0438. The Morgan fingerprint density at radius 3 is 2.12 bits per heavy atom. The molecule has 0 aliphatic carbocycles. The number of benzene rings is 2. The van der Waals surface area contributed by atoms with Crippen LogP contribution in [0.3, 0.4) is 0 Å². The van der Waals surface area contributed by atoms with Crippen LogP contribution >= 0.6 is 11.8 Å². The predicted octanol–water partition coefficient (Wildman–Crippen LogP) is 3.81. The van der Waals surface area contributed by atoms with Crippen LogP contribution in [-0.2, 0) is 4.79 Å². The molecule has 8 nitrogen and oxygen atoms in total.